The Labute approximate surface area is 197 Å². The number of H-pyrrole nitrogens is 1. The molecule has 10 heteroatoms. The van der Waals surface area contributed by atoms with E-state index in [9.17, 15) is 9.18 Å². The first kappa shape index (κ1) is 23.5. The summed E-state index contributed by atoms with van der Waals surface area (Å²) in [4.78, 5) is 30.8. The molecule has 2 aromatic heterocycles. The molecule has 9 nitrogen and oxygen atoms in total. The number of carbonyl (C=O) groups is 1. The van der Waals surface area contributed by atoms with Gasteiger partial charge in [-0.05, 0) is 37.3 Å². The molecule has 4 rings (SSSR count). The van der Waals surface area contributed by atoms with Crippen LogP contribution in [0.25, 0.3) is 22.6 Å². The molecule has 3 heterocycles. The first-order chi connectivity index (χ1) is 16.3. The van der Waals surface area contributed by atoms with Gasteiger partial charge in [0.25, 0.3) is 0 Å². The third kappa shape index (κ3) is 4.82. The number of imidazole rings is 1. The molecule has 0 bridgehead atoms. The minimum absolute atomic E-state index is 0.0707. The maximum Gasteiger partial charge on any atom is 0.232 e. The number of halogens is 1. The van der Waals surface area contributed by atoms with E-state index in [0.717, 1.165) is 0 Å². The van der Waals surface area contributed by atoms with Crippen molar-refractivity contribution in [2.75, 3.05) is 39.2 Å². The fraction of sp³-hybridized carbons (Fsp3) is 0.333. The molecule has 0 atom stereocenters. The van der Waals surface area contributed by atoms with E-state index in [4.69, 9.17) is 14.5 Å². The number of carbonyl (C=O) groups excluding carboxylic acids is 1. The van der Waals surface area contributed by atoms with Crippen LogP contribution in [0.15, 0.2) is 49.2 Å². The summed E-state index contributed by atoms with van der Waals surface area (Å²) in [5.74, 6) is 0.441. The molecule has 1 aliphatic heterocycles. The van der Waals surface area contributed by atoms with Crippen molar-refractivity contribution in [3.05, 3.63) is 60.8 Å². The summed E-state index contributed by atoms with van der Waals surface area (Å²) in [7, 11) is 3.40. The smallest absolute Gasteiger partial charge is 0.232 e. The topological polar surface area (TPSA) is 105 Å². The highest BCUT2D eigenvalue weighted by molar-refractivity contribution is 5.82. The van der Waals surface area contributed by atoms with Crippen LogP contribution in [-0.4, -0.2) is 64.6 Å². The largest absolute Gasteiger partial charge is 0.351 e. The van der Waals surface area contributed by atoms with E-state index in [2.05, 4.69) is 26.8 Å². The lowest BCUT2D eigenvalue weighted by molar-refractivity contribution is -0.233. The molecule has 0 radical (unpaired) electrons. The van der Waals surface area contributed by atoms with E-state index in [-0.39, 0.29) is 24.9 Å². The lowest BCUT2D eigenvalue weighted by atomic mass is 9.90. The number of amides is 1. The van der Waals surface area contributed by atoms with Gasteiger partial charge in [0.1, 0.15) is 5.82 Å². The molecule has 1 amide bonds. The summed E-state index contributed by atoms with van der Waals surface area (Å²) in [5, 5.41) is 3.06. The van der Waals surface area contributed by atoms with Crippen LogP contribution in [0.3, 0.4) is 0 Å². The lowest BCUT2D eigenvalue weighted by Crippen LogP contribution is -2.48. The number of aromatic amines is 1. The summed E-state index contributed by atoms with van der Waals surface area (Å²) < 4.78 is 25.4. The minimum atomic E-state index is -0.795. The predicted molar refractivity (Wildman–Crippen MR) is 125 cm³/mol. The molecule has 1 aliphatic rings. The zero-order chi connectivity index (χ0) is 24.3. The molecule has 0 saturated carbocycles. The number of hydrogen-bond donors (Lipinski definition) is 2. The molecule has 2 N–H and O–H groups in total. The van der Waals surface area contributed by atoms with E-state index < -0.39 is 11.7 Å². The van der Waals surface area contributed by atoms with Crippen LogP contribution in [0.4, 0.5) is 10.3 Å². The van der Waals surface area contributed by atoms with Crippen LogP contribution in [0.2, 0.25) is 0 Å². The summed E-state index contributed by atoms with van der Waals surface area (Å²) in [5.41, 5.74) is 1.67. The zero-order valence-electron chi connectivity index (χ0n) is 19.3. The monoisotopic (exact) mass is 466 g/mol. The first-order valence-corrected chi connectivity index (χ1v) is 10.8. The molecular weight excluding hydrogens is 439 g/mol. The summed E-state index contributed by atoms with van der Waals surface area (Å²) in [6, 6.07) is 7.78. The Morgan fingerprint density at radius 2 is 1.97 bits per heavy atom. The molecule has 1 aromatic carbocycles. The Morgan fingerprint density at radius 3 is 2.62 bits per heavy atom. The summed E-state index contributed by atoms with van der Waals surface area (Å²) >= 11 is 0. The molecule has 0 unspecified atom stereocenters. The summed E-state index contributed by atoms with van der Waals surface area (Å²) in [6.45, 7) is 6.36. The number of hydrogen-bond acceptors (Lipinski definition) is 7. The molecule has 1 saturated heterocycles. The van der Waals surface area contributed by atoms with Crippen molar-refractivity contribution in [2.45, 2.75) is 13.2 Å². The SMILES string of the molecule is C=CCNc1nccc(-c2[nH]c(C3OCC(C)(C(=O)N(C)C)CO3)nc2-c2ccc(F)cc2)n1. The van der Waals surface area contributed by atoms with Crippen molar-refractivity contribution in [3.63, 3.8) is 0 Å². The highest BCUT2D eigenvalue weighted by atomic mass is 19.1. The van der Waals surface area contributed by atoms with Crippen LogP contribution in [-0.2, 0) is 14.3 Å². The van der Waals surface area contributed by atoms with Crippen molar-refractivity contribution < 1.29 is 18.7 Å². The number of nitrogens with zero attached hydrogens (tertiary/aromatic N) is 4. The van der Waals surface area contributed by atoms with Crippen LogP contribution in [0.5, 0.6) is 0 Å². The molecule has 1 fully saturated rings. The number of nitrogens with one attached hydrogen (secondary N) is 2. The molecule has 3 aromatic rings. The van der Waals surface area contributed by atoms with Gasteiger partial charge < -0.3 is 24.7 Å². The van der Waals surface area contributed by atoms with Crippen LogP contribution in [0.1, 0.15) is 19.0 Å². The normalized spacial score (nSPS) is 20.1. The molecule has 34 heavy (non-hydrogen) atoms. The Kier molecular flexibility index (Phi) is 6.71. The average Bonchev–Trinajstić information content (AvgIpc) is 3.29. The Morgan fingerprint density at radius 1 is 1.26 bits per heavy atom. The van der Waals surface area contributed by atoms with Gasteiger partial charge >= 0.3 is 0 Å². The third-order valence-electron chi connectivity index (χ3n) is 5.41. The minimum Gasteiger partial charge on any atom is -0.351 e. The second-order valence-corrected chi connectivity index (χ2v) is 8.50. The van der Waals surface area contributed by atoms with E-state index in [0.29, 0.717) is 41.0 Å². The van der Waals surface area contributed by atoms with E-state index >= 15 is 0 Å². The molecule has 0 aliphatic carbocycles. The van der Waals surface area contributed by atoms with Crippen LogP contribution >= 0.6 is 0 Å². The molecular formula is C24H27FN6O3. The van der Waals surface area contributed by atoms with Gasteiger partial charge in [-0.25, -0.2) is 19.3 Å². The van der Waals surface area contributed by atoms with Crippen molar-refractivity contribution >= 4 is 11.9 Å². The Balaban J connectivity index is 1.67. The Hall–Kier alpha value is -3.63. The Bertz CT molecular complexity index is 1170. The average molecular weight is 467 g/mol. The third-order valence-corrected chi connectivity index (χ3v) is 5.41. The van der Waals surface area contributed by atoms with Gasteiger partial charge in [-0.2, -0.15) is 0 Å². The standard InChI is InChI=1S/C24H27FN6O3/c1-5-11-26-23-27-12-10-17(28-23)19-18(15-6-8-16(25)9-7-15)29-20(30-19)21-33-13-24(2,14-34-21)22(32)31(3)4/h5-10,12,21H,1,11,13-14H2,2-4H3,(H,29,30)(H,26,27,28). The number of anilines is 1. The van der Waals surface area contributed by atoms with Gasteiger partial charge in [-0.1, -0.05) is 6.08 Å². The van der Waals surface area contributed by atoms with Gasteiger partial charge in [-0.3, -0.25) is 4.79 Å². The second-order valence-electron chi connectivity index (χ2n) is 8.50. The second kappa shape index (κ2) is 9.70. The molecule has 178 valence electrons. The number of rotatable bonds is 7. The van der Waals surface area contributed by atoms with E-state index in [1.165, 1.54) is 17.0 Å². The van der Waals surface area contributed by atoms with Crippen molar-refractivity contribution in [1.82, 2.24) is 24.8 Å². The zero-order valence-corrected chi connectivity index (χ0v) is 19.3. The van der Waals surface area contributed by atoms with Crippen molar-refractivity contribution in [2.24, 2.45) is 5.41 Å². The van der Waals surface area contributed by atoms with Crippen molar-refractivity contribution in [1.29, 1.82) is 0 Å². The van der Waals surface area contributed by atoms with Crippen LogP contribution in [0, 0.1) is 11.2 Å². The van der Waals surface area contributed by atoms with Gasteiger partial charge in [0.2, 0.25) is 18.1 Å². The van der Waals surface area contributed by atoms with E-state index in [1.807, 2.05) is 6.92 Å². The quantitative estimate of drug-likeness (QED) is 0.514. The van der Waals surface area contributed by atoms with Crippen molar-refractivity contribution in [3.8, 4) is 22.6 Å². The maximum atomic E-state index is 13.6. The molecule has 0 spiro atoms. The number of aromatic nitrogens is 4. The van der Waals surface area contributed by atoms with Gasteiger partial charge in [0, 0.05) is 32.4 Å². The first-order valence-electron chi connectivity index (χ1n) is 10.8. The highest BCUT2D eigenvalue weighted by Gasteiger charge is 2.41. The fourth-order valence-corrected chi connectivity index (χ4v) is 3.68. The van der Waals surface area contributed by atoms with Gasteiger partial charge in [-0.15, -0.1) is 6.58 Å². The van der Waals surface area contributed by atoms with Gasteiger partial charge in [0.15, 0.2) is 5.82 Å². The lowest BCUT2D eigenvalue weighted by Gasteiger charge is -2.36. The predicted octanol–water partition coefficient (Wildman–Crippen LogP) is 3.41. The highest BCUT2D eigenvalue weighted by Crippen LogP contribution is 2.36. The number of ether oxygens (including phenoxy) is 2. The van der Waals surface area contributed by atoms with E-state index in [1.54, 1.807) is 44.6 Å². The summed E-state index contributed by atoms with van der Waals surface area (Å²) in [6.07, 6.45) is 2.55. The van der Waals surface area contributed by atoms with Crippen LogP contribution < -0.4 is 5.32 Å². The maximum absolute atomic E-state index is 13.6. The fourth-order valence-electron chi connectivity index (χ4n) is 3.68. The number of benzene rings is 1. The van der Waals surface area contributed by atoms with Gasteiger partial charge in [0.05, 0.1) is 35.7 Å².